The van der Waals surface area contributed by atoms with Crippen LogP contribution in [0.4, 0.5) is 4.39 Å². The van der Waals surface area contributed by atoms with Gasteiger partial charge in [0.2, 0.25) is 0 Å². The summed E-state index contributed by atoms with van der Waals surface area (Å²) in [7, 11) is 0. The Morgan fingerprint density at radius 1 is 1.20 bits per heavy atom. The number of aromatic nitrogens is 2. The van der Waals surface area contributed by atoms with E-state index in [1.54, 1.807) is 19.1 Å². The van der Waals surface area contributed by atoms with Gasteiger partial charge in [0, 0.05) is 11.0 Å². The maximum absolute atomic E-state index is 13.2. The van der Waals surface area contributed by atoms with Crippen LogP contribution >= 0.6 is 0 Å². The number of benzene rings is 2. The van der Waals surface area contributed by atoms with E-state index < -0.39 is 11.8 Å². The summed E-state index contributed by atoms with van der Waals surface area (Å²) in [6.07, 6.45) is -0.364. The Labute approximate surface area is 142 Å². The van der Waals surface area contributed by atoms with Gasteiger partial charge in [-0.05, 0) is 37.3 Å². The molecule has 0 saturated heterocycles. The minimum absolute atomic E-state index is 0.00162. The van der Waals surface area contributed by atoms with Gasteiger partial charge in [-0.15, -0.1) is 0 Å². The van der Waals surface area contributed by atoms with Crippen molar-refractivity contribution in [3.05, 3.63) is 70.2 Å². The molecule has 0 N–H and O–H groups in total. The molecular weight excluding hydrogens is 327 g/mol. The minimum Gasteiger partial charge on any atom is -0.805 e. The molecule has 128 valence electrons. The van der Waals surface area contributed by atoms with Gasteiger partial charge >= 0.3 is 5.97 Å². The number of ether oxygens (including phenoxy) is 1. The van der Waals surface area contributed by atoms with E-state index in [0.717, 1.165) is 0 Å². The first-order valence-corrected chi connectivity index (χ1v) is 7.71. The molecule has 25 heavy (non-hydrogen) atoms. The molecule has 0 aliphatic heterocycles. The Morgan fingerprint density at radius 3 is 2.56 bits per heavy atom. The van der Waals surface area contributed by atoms with Gasteiger partial charge < -0.3 is 14.7 Å². The molecule has 1 aromatic heterocycles. The fraction of sp³-hybridized carbons (Fsp3) is 0.167. The zero-order valence-electron chi connectivity index (χ0n) is 13.4. The second kappa shape index (κ2) is 6.72. The number of fused-ring (bicyclic) bond motifs is 1. The SMILES string of the molecule is CCOC(=O)Cc1c(-c2ccc(F)cc2)[n+](=O)c2ccccc2n1[O-]. The monoisotopic (exact) mass is 342 g/mol. The maximum Gasteiger partial charge on any atom is 0.312 e. The van der Waals surface area contributed by atoms with Crippen LogP contribution in [-0.2, 0) is 16.0 Å². The minimum atomic E-state index is -0.620. The molecule has 0 bridgehead atoms. The van der Waals surface area contributed by atoms with Gasteiger partial charge in [-0.25, -0.2) is 4.39 Å². The van der Waals surface area contributed by atoms with Gasteiger partial charge in [0.1, 0.15) is 17.0 Å². The van der Waals surface area contributed by atoms with Crippen molar-refractivity contribution in [3.8, 4) is 11.3 Å². The molecule has 0 spiro atoms. The summed E-state index contributed by atoms with van der Waals surface area (Å²) in [5.41, 5.74) is 0.596. The maximum atomic E-state index is 13.2. The van der Waals surface area contributed by atoms with Crippen LogP contribution in [0.5, 0.6) is 0 Å². The molecule has 6 nitrogen and oxygen atoms in total. The number of carbonyl (C=O) groups excluding carboxylic acids is 1. The van der Waals surface area contributed by atoms with Gasteiger partial charge in [0.05, 0.1) is 23.0 Å². The molecular formula is C18H15FN2O4. The quantitative estimate of drug-likeness (QED) is 0.539. The number of nitrogens with zero attached hydrogens (tertiary/aromatic N) is 2. The van der Waals surface area contributed by atoms with Crippen LogP contribution in [0.15, 0.2) is 48.5 Å². The van der Waals surface area contributed by atoms with Crippen molar-refractivity contribution in [3.63, 3.8) is 0 Å². The topological polar surface area (TPSA) is 77.3 Å². The molecule has 0 aliphatic carbocycles. The molecule has 2 aromatic carbocycles. The van der Waals surface area contributed by atoms with Crippen molar-refractivity contribution in [1.82, 2.24) is 4.73 Å². The molecule has 0 saturated carbocycles. The van der Waals surface area contributed by atoms with Crippen LogP contribution in [0.25, 0.3) is 22.3 Å². The van der Waals surface area contributed by atoms with Crippen LogP contribution in [0, 0.1) is 15.9 Å². The molecule has 0 unspecified atom stereocenters. The highest BCUT2D eigenvalue weighted by Crippen LogP contribution is 2.24. The Hall–Kier alpha value is -3.22. The Kier molecular flexibility index (Phi) is 4.47. The smallest absolute Gasteiger partial charge is 0.312 e. The summed E-state index contributed by atoms with van der Waals surface area (Å²) in [5, 5.41) is 12.8. The molecule has 0 amide bonds. The number of rotatable bonds is 4. The van der Waals surface area contributed by atoms with Crippen molar-refractivity contribution in [2.24, 2.45) is 0 Å². The highest BCUT2D eigenvalue weighted by atomic mass is 19.1. The second-order valence-electron chi connectivity index (χ2n) is 5.36. The fourth-order valence-corrected chi connectivity index (χ4v) is 2.68. The normalized spacial score (nSPS) is 10.8. The number of hydrogen-bond donors (Lipinski definition) is 0. The first-order valence-electron chi connectivity index (χ1n) is 7.71. The summed E-state index contributed by atoms with van der Waals surface area (Å²) in [6.45, 7) is 1.81. The van der Waals surface area contributed by atoms with Crippen LogP contribution < -0.4 is 4.43 Å². The lowest BCUT2D eigenvalue weighted by Gasteiger charge is -2.18. The zero-order chi connectivity index (χ0) is 18.0. The van der Waals surface area contributed by atoms with E-state index in [1.807, 2.05) is 0 Å². The van der Waals surface area contributed by atoms with E-state index in [9.17, 15) is 19.3 Å². The summed E-state index contributed by atoms with van der Waals surface area (Å²) in [5.74, 6) is -1.09. The van der Waals surface area contributed by atoms with Crippen LogP contribution in [0.1, 0.15) is 12.6 Å². The molecule has 0 fully saturated rings. The molecule has 1 heterocycles. The second-order valence-corrected chi connectivity index (χ2v) is 5.36. The van der Waals surface area contributed by atoms with Crippen molar-refractivity contribution >= 4 is 17.0 Å². The summed E-state index contributed by atoms with van der Waals surface area (Å²) < 4.78 is 19.3. The number of halogens is 1. The number of carbonyl (C=O) groups is 1. The highest BCUT2D eigenvalue weighted by molar-refractivity contribution is 5.79. The number of para-hydroxylation sites is 2. The number of hydrogen-bond acceptors (Lipinski definition) is 4. The van der Waals surface area contributed by atoms with Gasteiger partial charge in [0.25, 0.3) is 11.2 Å². The van der Waals surface area contributed by atoms with Crippen molar-refractivity contribution in [1.29, 1.82) is 0 Å². The summed E-state index contributed by atoms with van der Waals surface area (Å²) >= 11 is 0. The molecule has 3 rings (SSSR count). The predicted molar refractivity (Wildman–Crippen MR) is 89.8 cm³/mol. The largest absolute Gasteiger partial charge is 0.805 e. The van der Waals surface area contributed by atoms with Crippen molar-refractivity contribution in [2.75, 3.05) is 6.61 Å². The average Bonchev–Trinajstić information content (AvgIpc) is 2.61. The van der Waals surface area contributed by atoms with E-state index >= 15 is 0 Å². The fourth-order valence-electron chi connectivity index (χ4n) is 2.68. The lowest BCUT2D eigenvalue weighted by molar-refractivity contribution is -0.452. The van der Waals surface area contributed by atoms with E-state index in [0.29, 0.717) is 14.7 Å². The summed E-state index contributed by atoms with van der Waals surface area (Å²) in [6, 6.07) is 11.4. The Morgan fingerprint density at radius 2 is 1.88 bits per heavy atom. The predicted octanol–water partition coefficient (Wildman–Crippen LogP) is 2.81. The zero-order valence-corrected chi connectivity index (χ0v) is 13.4. The standard InChI is InChI=1S/C18H15FN2O4/c1-2-25-17(22)11-16-18(12-7-9-13(19)10-8-12)21(24)15-6-4-3-5-14(15)20(16)23/h3-10H,2,11H2,1H3. The van der Waals surface area contributed by atoms with E-state index in [2.05, 4.69) is 0 Å². The molecule has 0 radical (unpaired) electrons. The average molecular weight is 342 g/mol. The lowest BCUT2D eigenvalue weighted by atomic mass is 10.1. The van der Waals surface area contributed by atoms with Gasteiger partial charge in [0.15, 0.2) is 0 Å². The first kappa shape index (κ1) is 16.6. The molecule has 3 aromatic rings. The van der Waals surface area contributed by atoms with Gasteiger partial charge in [-0.1, -0.05) is 12.1 Å². The number of esters is 1. The van der Waals surface area contributed by atoms with Gasteiger partial charge in [-0.2, -0.15) is 0 Å². The van der Waals surface area contributed by atoms with Gasteiger partial charge in [-0.3, -0.25) is 4.79 Å². The molecule has 0 atom stereocenters. The third-order valence-electron chi connectivity index (χ3n) is 3.78. The van der Waals surface area contributed by atoms with E-state index in [4.69, 9.17) is 4.74 Å². The molecule has 7 heteroatoms. The Bertz CT molecular complexity index is 996. The van der Waals surface area contributed by atoms with Crippen molar-refractivity contribution in [2.45, 2.75) is 13.3 Å². The van der Waals surface area contributed by atoms with Crippen molar-refractivity contribution < 1.29 is 18.3 Å². The lowest BCUT2D eigenvalue weighted by Crippen LogP contribution is -2.27. The van der Waals surface area contributed by atoms with E-state index in [-0.39, 0.29) is 35.4 Å². The van der Waals surface area contributed by atoms with Crippen LogP contribution in [-0.4, -0.2) is 17.3 Å². The third kappa shape index (κ3) is 3.08. The Balaban J connectivity index is 2.31. The first-order chi connectivity index (χ1) is 12.0. The van der Waals surface area contributed by atoms with Crippen LogP contribution in [0.3, 0.4) is 0 Å². The third-order valence-corrected chi connectivity index (χ3v) is 3.78. The molecule has 0 aliphatic rings. The van der Waals surface area contributed by atoms with Crippen LogP contribution in [0.2, 0.25) is 0 Å². The van der Waals surface area contributed by atoms with E-state index in [1.165, 1.54) is 36.4 Å². The highest BCUT2D eigenvalue weighted by Gasteiger charge is 2.26. The summed E-state index contributed by atoms with van der Waals surface area (Å²) in [4.78, 5) is 24.7.